The van der Waals surface area contributed by atoms with Gasteiger partial charge in [0.05, 0.1) is 18.8 Å². The van der Waals surface area contributed by atoms with E-state index < -0.39 is 5.97 Å². The minimum absolute atomic E-state index is 0.141. The third-order valence-corrected chi connectivity index (χ3v) is 6.24. The molecule has 0 bridgehead atoms. The van der Waals surface area contributed by atoms with E-state index in [2.05, 4.69) is 4.98 Å². The van der Waals surface area contributed by atoms with Crippen LogP contribution in [-0.2, 0) is 24.6 Å². The van der Waals surface area contributed by atoms with Gasteiger partial charge in [0.25, 0.3) is 0 Å². The average Bonchev–Trinajstić information content (AvgIpc) is 3.48. The summed E-state index contributed by atoms with van der Waals surface area (Å²) in [7, 11) is 0. The number of aliphatic hydroxyl groups is 2. The fraction of sp³-hybridized carbons (Fsp3) is 0.154. The van der Waals surface area contributed by atoms with Crippen LogP contribution in [0.5, 0.6) is 11.5 Å². The minimum Gasteiger partial charge on any atom is -0.457 e. The number of esters is 1. The van der Waals surface area contributed by atoms with Gasteiger partial charge in [-0.3, -0.25) is 4.98 Å². The van der Waals surface area contributed by atoms with Crippen LogP contribution in [0.1, 0.15) is 27.0 Å². The molecule has 0 fully saturated rings. The molecule has 0 saturated heterocycles. The second-order valence-electron chi connectivity index (χ2n) is 7.97. The van der Waals surface area contributed by atoms with E-state index in [9.17, 15) is 15.0 Å². The fourth-order valence-corrected chi connectivity index (χ4v) is 4.74. The molecule has 1 aromatic heterocycles. The van der Waals surface area contributed by atoms with E-state index in [4.69, 9.17) is 14.2 Å². The van der Waals surface area contributed by atoms with Crippen molar-refractivity contribution in [3.8, 4) is 33.8 Å². The summed E-state index contributed by atoms with van der Waals surface area (Å²) in [6.07, 6.45) is 3.44. The van der Waals surface area contributed by atoms with Gasteiger partial charge in [-0.1, -0.05) is 12.1 Å². The molecule has 2 N–H and O–H groups in total. The van der Waals surface area contributed by atoms with Gasteiger partial charge in [0.15, 0.2) is 11.5 Å². The van der Waals surface area contributed by atoms with Crippen molar-refractivity contribution in [1.29, 1.82) is 0 Å². The highest BCUT2D eigenvalue weighted by Gasteiger charge is 2.32. The molecule has 3 aromatic carbocycles. The topological polar surface area (TPSA) is 98.1 Å². The average molecular weight is 441 g/mol. The van der Waals surface area contributed by atoms with Crippen molar-refractivity contribution in [3.05, 3.63) is 77.1 Å². The molecule has 0 amide bonds. The second kappa shape index (κ2) is 7.58. The van der Waals surface area contributed by atoms with Gasteiger partial charge in [0.1, 0.15) is 6.61 Å². The Morgan fingerprint density at radius 3 is 2.30 bits per heavy atom. The van der Waals surface area contributed by atoms with Gasteiger partial charge >= 0.3 is 5.97 Å². The number of cyclic esters (lactones) is 1. The maximum Gasteiger partial charge on any atom is 0.339 e. The van der Waals surface area contributed by atoms with E-state index in [-0.39, 0.29) is 26.6 Å². The molecule has 3 heterocycles. The second-order valence-corrected chi connectivity index (χ2v) is 7.97. The number of hydrogen-bond donors (Lipinski definition) is 2. The summed E-state index contributed by atoms with van der Waals surface area (Å²) in [5, 5.41) is 21.6. The largest absolute Gasteiger partial charge is 0.457 e. The summed E-state index contributed by atoms with van der Waals surface area (Å²) >= 11 is 0. The first kappa shape index (κ1) is 19.7. The lowest BCUT2D eigenvalue weighted by Gasteiger charge is -2.19. The van der Waals surface area contributed by atoms with Gasteiger partial charge in [0.2, 0.25) is 6.79 Å². The number of aromatic nitrogens is 1. The van der Waals surface area contributed by atoms with Gasteiger partial charge in [0, 0.05) is 29.1 Å². The first-order chi connectivity index (χ1) is 16.2. The Labute approximate surface area is 188 Å². The van der Waals surface area contributed by atoms with E-state index in [1.165, 1.54) is 0 Å². The predicted octanol–water partition coefficient (Wildman–Crippen LogP) is 3.95. The SMILES string of the molecule is O=C1OCc2c1c(-c1ccc3c(c1)OCO3)c1cc(CO)c(CO)cc1c2-c1cccnc1. The number of pyridine rings is 1. The standard InChI is InChI=1S/C26H19NO6/c28-10-16-6-18-19(7-17(16)11-29)24(14-3-4-21-22(8-14)33-13-32-21)25-20(12-31-26(25)30)23(18)15-2-1-5-27-9-15/h1-9,28-29H,10-13H2. The maximum atomic E-state index is 13.0. The Morgan fingerprint density at radius 1 is 0.818 bits per heavy atom. The summed E-state index contributed by atoms with van der Waals surface area (Å²) in [5.74, 6) is 0.848. The molecule has 0 aliphatic carbocycles. The number of carbonyl (C=O) groups excluding carboxylic acids is 1. The predicted molar refractivity (Wildman–Crippen MR) is 120 cm³/mol. The Balaban J connectivity index is 1.77. The monoisotopic (exact) mass is 441 g/mol. The first-order valence-electron chi connectivity index (χ1n) is 10.5. The lowest BCUT2D eigenvalue weighted by atomic mass is 9.83. The lowest BCUT2D eigenvalue weighted by molar-refractivity contribution is 0.0536. The zero-order valence-corrected chi connectivity index (χ0v) is 17.5. The highest BCUT2D eigenvalue weighted by Crippen LogP contribution is 2.47. The molecule has 2 aliphatic heterocycles. The van der Waals surface area contributed by atoms with Crippen molar-refractivity contribution in [2.24, 2.45) is 0 Å². The molecule has 0 atom stereocenters. The molecule has 7 nitrogen and oxygen atoms in total. The summed E-state index contributed by atoms with van der Waals surface area (Å²) < 4.78 is 16.5. The molecule has 7 heteroatoms. The molecule has 33 heavy (non-hydrogen) atoms. The maximum absolute atomic E-state index is 13.0. The van der Waals surface area contributed by atoms with Gasteiger partial charge in [-0.2, -0.15) is 0 Å². The third kappa shape index (κ3) is 2.97. The molecule has 164 valence electrons. The first-order valence-corrected chi connectivity index (χ1v) is 10.5. The Kier molecular flexibility index (Phi) is 4.53. The molecule has 6 rings (SSSR count). The zero-order valence-electron chi connectivity index (χ0n) is 17.5. The van der Waals surface area contributed by atoms with E-state index in [0.29, 0.717) is 33.8 Å². The summed E-state index contributed by atoms with van der Waals surface area (Å²) in [6, 6.07) is 13.0. The van der Waals surface area contributed by atoms with Crippen molar-refractivity contribution in [3.63, 3.8) is 0 Å². The third-order valence-electron chi connectivity index (χ3n) is 6.24. The molecule has 0 saturated carbocycles. The van der Waals surface area contributed by atoms with Crippen LogP contribution in [0.15, 0.2) is 54.9 Å². The molecular weight excluding hydrogens is 422 g/mol. The van der Waals surface area contributed by atoms with Crippen LogP contribution in [-0.4, -0.2) is 28.0 Å². The Morgan fingerprint density at radius 2 is 1.58 bits per heavy atom. The van der Waals surface area contributed by atoms with E-state index >= 15 is 0 Å². The Hall–Kier alpha value is -3.94. The number of carbonyl (C=O) groups is 1. The zero-order chi connectivity index (χ0) is 22.5. The number of ether oxygens (including phenoxy) is 3. The molecule has 0 radical (unpaired) electrons. The smallest absolute Gasteiger partial charge is 0.339 e. The lowest BCUT2D eigenvalue weighted by Crippen LogP contribution is -2.03. The molecular formula is C26H19NO6. The highest BCUT2D eigenvalue weighted by molar-refractivity contribution is 6.16. The van der Waals surface area contributed by atoms with Gasteiger partial charge in [-0.05, 0) is 63.4 Å². The number of hydrogen-bond acceptors (Lipinski definition) is 7. The van der Waals surface area contributed by atoms with E-state index in [1.807, 2.05) is 42.5 Å². The van der Waals surface area contributed by atoms with Crippen LogP contribution in [0.25, 0.3) is 33.0 Å². The van der Waals surface area contributed by atoms with E-state index in [1.54, 1.807) is 12.4 Å². The summed E-state index contributed by atoms with van der Waals surface area (Å²) in [4.78, 5) is 17.3. The molecule has 4 aromatic rings. The molecule has 0 spiro atoms. The molecule has 0 unspecified atom stereocenters. The van der Waals surface area contributed by atoms with Crippen LogP contribution < -0.4 is 9.47 Å². The van der Waals surface area contributed by atoms with Crippen LogP contribution >= 0.6 is 0 Å². The summed E-state index contributed by atoms with van der Waals surface area (Å²) in [5.41, 5.74) is 5.63. The number of nitrogens with zero attached hydrogens (tertiary/aromatic N) is 1. The number of fused-ring (bicyclic) bond motifs is 3. The van der Waals surface area contributed by atoms with Crippen molar-refractivity contribution >= 4 is 16.7 Å². The summed E-state index contributed by atoms with van der Waals surface area (Å²) in [6.45, 7) is -0.170. The highest BCUT2D eigenvalue weighted by atomic mass is 16.7. The quantitative estimate of drug-likeness (QED) is 0.463. The van der Waals surface area contributed by atoms with Crippen LogP contribution in [0, 0.1) is 0 Å². The van der Waals surface area contributed by atoms with Gasteiger partial charge in [-0.15, -0.1) is 0 Å². The molecule has 2 aliphatic rings. The minimum atomic E-state index is -0.401. The van der Waals surface area contributed by atoms with Crippen LogP contribution in [0.3, 0.4) is 0 Å². The number of benzene rings is 3. The van der Waals surface area contributed by atoms with Gasteiger partial charge in [-0.25, -0.2) is 4.79 Å². The van der Waals surface area contributed by atoms with Crippen LogP contribution in [0.2, 0.25) is 0 Å². The van der Waals surface area contributed by atoms with E-state index in [0.717, 1.165) is 33.0 Å². The number of rotatable bonds is 4. The normalized spacial score (nSPS) is 13.9. The fourth-order valence-electron chi connectivity index (χ4n) is 4.74. The number of aliphatic hydroxyl groups excluding tert-OH is 2. The van der Waals surface area contributed by atoms with Crippen LogP contribution in [0.4, 0.5) is 0 Å². The van der Waals surface area contributed by atoms with Crippen molar-refractivity contribution in [2.75, 3.05) is 6.79 Å². The van der Waals surface area contributed by atoms with Crippen molar-refractivity contribution in [1.82, 2.24) is 4.98 Å². The van der Waals surface area contributed by atoms with Gasteiger partial charge < -0.3 is 24.4 Å². The Bertz CT molecular complexity index is 1430. The van der Waals surface area contributed by atoms with Crippen molar-refractivity contribution < 1.29 is 29.2 Å². The van der Waals surface area contributed by atoms with Crippen molar-refractivity contribution in [2.45, 2.75) is 19.8 Å².